The molecule has 0 spiro atoms. The van der Waals surface area contributed by atoms with Crippen LogP contribution in [0.5, 0.6) is 0 Å². The first-order chi connectivity index (χ1) is 9.55. The van der Waals surface area contributed by atoms with Crippen LogP contribution in [0.1, 0.15) is 18.4 Å². The first-order valence-electron chi connectivity index (χ1n) is 6.54. The SMILES string of the molecule is CN=C(NCC(F)F)NCC1(c2cccc(Br)c2)CC1.I. The summed E-state index contributed by atoms with van der Waals surface area (Å²) in [5, 5.41) is 5.75. The maximum Gasteiger partial charge on any atom is 0.255 e. The fourth-order valence-electron chi connectivity index (χ4n) is 2.18. The summed E-state index contributed by atoms with van der Waals surface area (Å²) < 4.78 is 25.4. The Kier molecular flexibility index (Phi) is 7.32. The predicted molar refractivity (Wildman–Crippen MR) is 95.8 cm³/mol. The third-order valence-electron chi connectivity index (χ3n) is 3.53. The van der Waals surface area contributed by atoms with Crippen molar-refractivity contribution in [1.82, 2.24) is 10.6 Å². The van der Waals surface area contributed by atoms with Gasteiger partial charge in [0.1, 0.15) is 0 Å². The number of rotatable bonds is 5. The molecule has 1 fully saturated rings. The van der Waals surface area contributed by atoms with Crippen LogP contribution in [0.2, 0.25) is 0 Å². The van der Waals surface area contributed by atoms with Gasteiger partial charge in [-0.05, 0) is 30.5 Å². The minimum absolute atomic E-state index is 0. The topological polar surface area (TPSA) is 36.4 Å². The lowest BCUT2D eigenvalue weighted by Crippen LogP contribution is -2.42. The fraction of sp³-hybridized carbons (Fsp3) is 0.500. The van der Waals surface area contributed by atoms with Gasteiger partial charge in [-0.3, -0.25) is 4.99 Å². The van der Waals surface area contributed by atoms with Crippen LogP contribution in [0.25, 0.3) is 0 Å². The monoisotopic (exact) mass is 473 g/mol. The quantitative estimate of drug-likeness (QED) is 0.390. The van der Waals surface area contributed by atoms with Crippen LogP contribution in [0, 0.1) is 0 Å². The summed E-state index contributed by atoms with van der Waals surface area (Å²) in [4.78, 5) is 3.95. The van der Waals surface area contributed by atoms with E-state index in [1.807, 2.05) is 12.1 Å². The summed E-state index contributed by atoms with van der Waals surface area (Å²) in [6.45, 7) is 0.315. The fourth-order valence-corrected chi connectivity index (χ4v) is 2.58. The first kappa shape index (κ1) is 18.6. The Morgan fingerprint density at radius 1 is 1.38 bits per heavy atom. The lowest BCUT2D eigenvalue weighted by Gasteiger charge is -2.19. The highest BCUT2D eigenvalue weighted by Gasteiger charge is 2.44. The van der Waals surface area contributed by atoms with Crippen molar-refractivity contribution in [3.63, 3.8) is 0 Å². The summed E-state index contributed by atoms with van der Waals surface area (Å²) in [6, 6.07) is 8.23. The van der Waals surface area contributed by atoms with E-state index in [1.54, 1.807) is 7.05 Å². The Labute approximate surface area is 149 Å². The van der Waals surface area contributed by atoms with E-state index in [2.05, 4.69) is 43.7 Å². The second-order valence-corrected chi connectivity index (χ2v) is 5.90. The molecule has 3 nitrogen and oxygen atoms in total. The van der Waals surface area contributed by atoms with Crippen LogP contribution in [0.4, 0.5) is 8.78 Å². The van der Waals surface area contributed by atoms with Gasteiger partial charge in [0, 0.05) is 23.5 Å². The van der Waals surface area contributed by atoms with E-state index in [1.165, 1.54) is 5.56 Å². The van der Waals surface area contributed by atoms with Gasteiger partial charge in [0.2, 0.25) is 0 Å². The van der Waals surface area contributed by atoms with E-state index < -0.39 is 6.43 Å². The summed E-state index contributed by atoms with van der Waals surface area (Å²) in [5.74, 6) is 0.423. The average Bonchev–Trinajstić information content (AvgIpc) is 3.20. The van der Waals surface area contributed by atoms with Crippen molar-refractivity contribution in [2.45, 2.75) is 24.7 Å². The highest BCUT2D eigenvalue weighted by atomic mass is 127. The van der Waals surface area contributed by atoms with Crippen LogP contribution in [-0.4, -0.2) is 32.5 Å². The van der Waals surface area contributed by atoms with Crippen LogP contribution in [0.15, 0.2) is 33.7 Å². The molecule has 1 saturated carbocycles. The summed E-state index contributed by atoms with van der Waals surface area (Å²) in [7, 11) is 1.58. The van der Waals surface area contributed by atoms with Gasteiger partial charge < -0.3 is 10.6 Å². The molecule has 0 radical (unpaired) electrons. The number of aliphatic imine (C=N–C) groups is 1. The van der Waals surface area contributed by atoms with Gasteiger partial charge in [-0.15, -0.1) is 24.0 Å². The Morgan fingerprint density at radius 3 is 2.62 bits per heavy atom. The van der Waals surface area contributed by atoms with Crippen molar-refractivity contribution >= 4 is 45.9 Å². The molecule has 0 aliphatic heterocycles. The van der Waals surface area contributed by atoms with E-state index in [0.717, 1.165) is 17.3 Å². The Balaban J connectivity index is 0.00000220. The van der Waals surface area contributed by atoms with Gasteiger partial charge in [-0.2, -0.15) is 0 Å². The Bertz CT molecular complexity index is 493. The molecule has 0 atom stereocenters. The van der Waals surface area contributed by atoms with Gasteiger partial charge in [0.05, 0.1) is 6.54 Å². The molecule has 2 rings (SSSR count). The molecule has 118 valence electrons. The zero-order valence-corrected chi connectivity index (χ0v) is 15.6. The first-order valence-corrected chi connectivity index (χ1v) is 7.34. The lowest BCUT2D eigenvalue weighted by atomic mass is 9.96. The third kappa shape index (κ3) is 5.36. The summed E-state index contributed by atoms with van der Waals surface area (Å²) in [5.41, 5.74) is 1.37. The molecule has 0 amide bonds. The molecular weight excluding hydrogens is 455 g/mol. The van der Waals surface area contributed by atoms with Crippen LogP contribution >= 0.6 is 39.9 Å². The molecule has 0 unspecified atom stereocenters. The Morgan fingerprint density at radius 2 is 2.10 bits per heavy atom. The summed E-state index contributed by atoms with van der Waals surface area (Å²) in [6.07, 6.45) is -0.182. The molecule has 1 aromatic carbocycles. The number of benzene rings is 1. The van der Waals surface area contributed by atoms with E-state index in [4.69, 9.17) is 0 Å². The number of hydrogen-bond acceptors (Lipinski definition) is 1. The second kappa shape index (κ2) is 8.26. The van der Waals surface area contributed by atoms with Crippen molar-refractivity contribution in [3.8, 4) is 0 Å². The highest BCUT2D eigenvalue weighted by molar-refractivity contribution is 14.0. The van der Waals surface area contributed by atoms with Gasteiger partial charge in [-0.1, -0.05) is 28.1 Å². The zero-order chi connectivity index (χ0) is 14.6. The molecular formula is C14H19BrF2IN3. The van der Waals surface area contributed by atoms with E-state index >= 15 is 0 Å². The predicted octanol–water partition coefficient (Wildman–Crippen LogP) is 3.53. The number of nitrogens with one attached hydrogen (secondary N) is 2. The van der Waals surface area contributed by atoms with Crippen molar-refractivity contribution in [2.75, 3.05) is 20.1 Å². The van der Waals surface area contributed by atoms with Gasteiger partial charge in [0.25, 0.3) is 6.43 Å². The van der Waals surface area contributed by atoms with Crippen molar-refractivity contribution < 1.29 is 8.78 Å². The molecule has 1 aliphatic carbocycles. The van der Waals surface area contributed by atoms with E-state index in [0.29, 0.717) is 12.5 Å². The summed E-state index contributed by atoms with van der Waals surface area (Å²) >= 11 is 3.48. The number of hydrogen-bond donors (Lipinski definition) is 2. The van der Waals surface area contributed by atoms with E-state index in [9.17, 15) is 8.78 Å². The van der Waals surface area contributed by atoms with Gasteiger partial charge in [0.15, 0.2) is 5.96 Å². The number of halogens is 4. The molecule has 2 N–H and O–H groups in total. The lowest BCUT2D eigenvalue weighted by molar-refractivity contribution is 0.152. The highest BCUT2D eigenvalue weighted by Crippen LogP contribution is 2.48. The molecule has 0 bridgehead atoms. The molecule has 1 aliphatic rings. The normalized spacial score (nSPS) is 16.3. The van der Waals surface area contributed by atoms with Crippen LogP contribution in [0.3, 0.4) is 0 Å². The number of guanidine groups is 1. The molecule has 0 heterocycles. The van der Waals surface area contributed by atoms with Crippen molar-refractivity contribution in [1.29, 1.82) is 0 Å². The third-order valence-corrected chi connectivity index (χ3v) is 4.03. The largest absolute Gasteiger partial charge is 0.356 e. The average molecular weight is 474 g/mol. The molecule has 0 aromatic heterocycles. The smallest absolute Gasteiger partial charge is 0.255 e. The van der Waals surface area contributed by atoms with Crippen LogP contribution in [-0.2, 0) is 5.41 Å². The second-order valence-electron chi connectivity index (χ2n) is 4.99. The number of alkyl halides is 2. The van der Waals surface area contributed by atoms with Crippen LogP contribution < -0.4 is 10.6 Å². The van der Waals surface area contributed by atoms with E-state index in [-0.39, 0.29) is 35.9 Å². The minimum Gasteiger partial charge on any atom is -0.356 e. The van der Waals surface area contributed by atoms with Gasteiger partial charge >= 0.3 is 0 Å². The minimum atomic E-state index is -2.38. The van der Waals surface area contributed by atoms with Crippen molar-refractivity contribution in [2.24, 2.45) is 4.99 Å². The maximum absolute atomic E-state index is 12.2. The standard InChI is InChI=1S/C14H18BrF2N3.HI/c1-18-13(19-8-12(16)17)20-9-14(5-6-14)10-3-2-4-11(15)7-10;/h2-4,7,12H,5-6,8-9H2,1H3,(H2,18,19,20);1H. The maximum atomic E-state index is 12.2. The Hall–Kier alpha value is -0.440. The van der Waals surface area contributed by atoms with Gasteiger partial charge in [-0.25, -0.2) is 8.78 Å². The molecule has 21 heavy (non-hydrogen) atoms. The molecule has 7 heteroatoms. The molecule has 0 saturated heterocycles. The zero-order valence-electron chi connectivity index (χ0n) is 11.7. The number of nitrogens with zero attached hydrogens (tertiary/aromatic N) is 1. The molecule has 1 aromatic rings. The van der Waals surface area contributed by atoms with Crippen molar-refractivity contribution in [3.05, 3.63) is 34.3 Å².